The SMILES string of the molecule is COc1ccc(-c2noc(CN3CCCC(C(=O)Nc4ccccc4Br)C3)n2)cc1OC. The average Bonchev–Trinajstić information content (AvgIpc) is 3.28. The number of halogens is 1. The van der Waals surface area contributed by atoms with Crippen LogP contribution in [0.4, 0.5) is 5.69 Å². The van der Waals surface area contributed by atoms with E-state index in [0.717, 1.165) is 35.1 Å². The lowest BCUT2D eigenvalue weighted by Gasteiger charge is -2.30. The van der Waals surface area contributed by atoms with Gasteiger partial charge in [-0.3, -0.25) is 9.69 Å². The van der Waals surface area contributed by atoms with Crippen molar-refractivity contribution in [2.75, 3.05) is 32.6 Å². The third-order valence-electron chi connectivity index (χ3n) is 5.48. The number of benzene rings is 2. The van der Waals surface area contributed by atoms with Crippen LogP contribution in [0.15, 0.2) is 51.5 Å². The number of likely N-dealkylation sites (tertiary alicyclic amines) is 1. The largest absolute Gasteiger partial charge is 0.493 e. The second kappa shape index (κ2) is 10.1. The molecule has 1 N–H and O–H groups in total. The summed E-state index contributed by atoms with van der Waals surface area (Å²) in [6, 6.07) is 13.1. The standard InChI is InChI=1S/C23H25BrN4O4/c1-30-19-10-9-15(12-20(19)31-2)22-26-21(32-27-22)14-28-11-5-6-16(13-28)23(29)25-18-8-4-3-7-17(18)24/h3-4,7-10,12,16H,5-6,11,13-14H2,1-2H3,(H,25,29). The number of para-hydroxylation sites is 1. The van der Waals surface area contributed by atoms with Crippen molar-refractivity contribution < 1.29 is 18.8 Å². The molecule has 2 heterocycles. The Labute approximate surface area is 195 Å². The zero-order valence-electron chi connectivity index (χ0n) is 18.0. The summed E-state index contributed by atoms with van der Waals surface area (Å²) in [6.07, 6.45) is 1.79. The number of piperidine rings is 1. The molecule has 1 fully saturated rings. The van der Waals surface area contributed by atoms with Crippen molar-refractivity contribution in [1.82, 2.24) is 15.0 Å². The van der Waals surface area contributed by atoms with Crippen molar-refractivity contribution in [2.24, 2.45) is 5.92 Å². The third kappa shape index (κ3) is 5.11. The molecular formula is C23H25BrN4O4. The number of methoxy groups -OCH3 is 2. The Morgan fingerprint density at radius 2 is 2.03 bits per heavy atom. The molecule has 1 aliphatic heterocycles. The number of hydrogen-bond acceptors (Lipinski definition) is 7. The monoisotopic (exact) mass is 500 g/mol. The fraction of sp³-hybridized carbons (Fsp3) is 0.348. The smallest absolute Gasteiger partial charge is 0.241 e. The molecule has 9 heteroatoms. The van der Waals surface area contributed by atoms with Gasteiger partial charge >= 0.3 is 0 Å². The maximum Gasteiger partial charge on any atom is 0.241 e. The van der Waals surface area contributed by atoms with Crippen molar-refractivity contribution in [3.8, 4) is 22.9 Å². The lowest BCUT2D eigenvalue weighted by atomic mass is 9.97. The molecular weight excluding hydrogens is 476 g/mol. The fourth-order valence-corrected chi connectivity index (χ4v) is 4.20. The topological polar surface area (TPSA) is 89.7 Å². The highest BCUT2D eigenvalue weighted by Crippen LogP contribution is 2.31. The maximum absolute atomic E-state index is 12.8. The Hall–Kier alpha value is -2.91. The lowest BCUT2D eigenvalue weighted by molar-refractivity contribution is -0.121. The second-order valence-corrected chi connectivity index (χ2v) is 8.48. The number of rotatable bonds is 7. The Bertz CT molecular complexity index is 1090. The van der Waals surface area contributed by atoms with Crippen LogP contribution in [-0.4, -0.2) is 48.3 Å². The first-order chi connectivity index (χ1) is 15.6. The van der Waals surface area contributed by atoms with Crippen LogP contribution in [-0.2, 0) is 11.3 Å². The minimum absolute atomic E-state index is 0.0261. The zero-order chi connectivity index (χ0) is 22.5. The summed E-state index contributed by atoms with van der Waals surface area (Å²) in [5.41, 5.74) is 1.56. The quantitative estimate of drug-likeness (QED) is 0.515. The van der Waals surface area contributed by atoms with Crippen LogP contribution in [0.5, 0.6) is 11.5 Å². The van der Waals surface area contributed by atoms with E-state index in [9.17, 15) is 4.79 Å². The first-order valence-corrected chi connectivity index (χ1v) is 11.2. The summed E-state index contributed by atoms with van der Waals surface area (Å²) < 4.78 is 17.0. The first kappa shape index (κ1) is 22.3. The lowest BCUT2D eigenvalue weighted by Crippen LogP contribution is -2.40. The Kier molecular flexibility index (Phi) is 7.06. The first-order valence-electron chi connectivity index (χ1n) is 10.4. The van der Waals surface area contributed by atoms with Gasteiger partial charge in [0.25, 0.3) is 0 Å². The molecule has 0 saturated carbocycles. The molecule has 2 aromatic carbocycles. The summed E-state index contributed by atoms with van der Waals surface area (Å²) in [6.45, 7) is 2.02. The summed E-state index contributed by atoms with van der Waals surface area (Å²) >= 11 is 3.48. The molecule has 1 unspecified atom stereocenters. The number of nitrogens with one attached hydrogen (secondary N) is 1. The molecule has 0 aliphatic carbocycles. The number of nitrogens with zero attached hydrogens (tertiary/aromatic N) is 3. The summed E-state index contributed by atoms with van der Waals surface area (Å²) in [4.78, 5) is 19.5. The van der Waals surface area contributed by atoms with Gasteiger partial charge in [0.2, 0.25) is 17.6 Å². The Balaban J connectivity index is 1.39. The number of aromatic nitrogens is 2. The number of carbonyl (C=O) groups is 1. The summed E-state index contributed by atoms with van der Waals surface area (Å²) in [5.74, 6) is 2.18. The molecule has 0 radical (unpaired) electrons. The predicted octanol–water partition coefficient (Wildman–Crippen LogP) is 4.37. The summed E-state index contributed by atoms with van der Waals surface area (Å²) in [5, 5.41) is 7.13. The maximum atomic E-state index is 12.8. The molecule has 8 nitrogen and oxygen atoms in total. The Morgan fingerprint density at radius 1 is 1.22 bits per heavy atom. The second-order valence-electron chi connectivity index (χ2n) is 7.62. The van der Waals surface area contributed by atoms with Gasteiger partial charge in [-0.05, 0) is 65.6 Å². The van der Waals surface area contributed by atoms with Gasteiger partial charge in [0.05, 0.1) is 32.4 Å². The number of ether oxygens (including phenoxy) is 2. The van der Waals surface area contributed by atoms with Gasteiger partial charge in [0.15, 0.2) is 11.5 Å². The van der Waals surface area contributed by atoms with E-state index in [-0.39, 0.29) is 11.8 Å². The Morgan fingerprint density at radius 3 is 2.81 bits per heavy atom. The van der Waals surface area contributed by atoms with E-state index in [0.29, 0.717) is 36.3 Å². The number of hydrogen-bond donors (Lipinski definition) is 1. The van der Waals surface area contributed by atoms with Gasteiger partial charge in [0.1, 0.15) is 0 Å². The minimum atomic E-state index is -0.0934. The molecule has 1 aliphatic rings. The average molecular weight is 501 g/mol. The molecule has 1 saturated heterocycles. The molecule has 32 heavy (non-hydrogen) atoms. The molecule has 0 bridgehead atoms. The molecule has 4 rings (SSSR count). The van der Waals surface area contributed by atoms with E-state index in [2.05, 4.69) is 36.3 Å². The van der Waals surface area contributed by atoms with E-state index >= 15 is 0 Å². The highest BCUT2D eigenvalue weighted by Gasteiger charge is 2.27. The van der Waals surface area contributed by atoms with Gasteiger partial charge in [-0.1, -0.05) is 17.3 Å². The summed E-state index contributed by atoms with van der Waals surface area (Å²) in [7, 11) is 3.18. The van der Waals surface area contributed by atoms with Crippen LogP contribution in [0.2, 0.25) is 0 Å². The molecule has 1 aromatic heterocycles. The van der Waals surface area contributed by atoms with Gasteiger partial charge in [0, 0.05) is 16.6 Å². The van der Waals surface area contributed by atoms with Crippen molar-refractivity contribution >= 4 is 27.5 Å². The number of amides is 1. The van der Waals surface area contributed by atoms with Crippen LogP contribution in [0, 0.1) is 5.92 Å². The molecule has 1 atom stereocenters. The predicted molar refractivity (Wildman–Crippen MR) is 124 cm³/mol. The van der Waals surface area contributed by atoms with Gasteiger partial charge < -0.3 is 19.3 Å². The van der Waals surface area contributed by atoms with E-state index in [4.69, 9.17) is 14.0 Å². The highest BCUT2D eigenvalue weighted by atomic mass is 79.9. The molecule has 1 amide bonds. The minimum Gasteiger partial charge on any atom is -0.493 e. The van der Waals surface area contributed by atoms with Crippen molar-refractivity contribution in [2.45, 2.75) is 19.4 Å². The highest BCUT2D eigenvalue weighted by molar-refractivity contribution is 9.10. The fourth-order valence-electron chi connectivity index (χ4n) is 3.81. The normalized spacial score (nSPS) is 16.5. The number of anilines is 1. The third-order valence-corrected chi connectivity index (χ3v) is 6.17. The molecule has 3 aromatic rings. The van der Waals surface area contributed by atoms with Crippen molar-refractivity contribution in [3.05, 3.63) is 52.8 Å². The van der Waals surface area contributed by atoms with Crippen molar-refractivity contribution in [1.29, 1.82) is 0 Å². The van der Waals surface area contributed by atoms with Crippen LogP contribution >= 0.6 is 15.9 Å². The van der Waals surface area contributed by atoms with Crippen LogP contribution < -0.4 is 14.8 Å². The van der Waals surface area contributed by atoms with Gasteiger partial charge in [-0.25, -0.2) is 0 Å². The van der Waals surface area contributed by atoms with Crippen LogP contribution in [0.25, 0.3) is 11.4 Å². The van der Waals surface area contributed by atoms with E-state index in [1.54, 1.807) is 14.2 Å². The molecule has 0 spiro atoms. The van der Waals surface area contributed by atoms with Gasteiger partial charge in [-0.15, -0.1) is 0 Å². The zero-order valence-corrected chi connectivity index (χ0v) is 19.6. The van der Waals surface area contributed by atoms with E-state index in [1.165, 1.54) is 0 Å². The van der Waals surface area contributed by atoms with Crippen molar-refractivity contribution in [3.63, 3.8) is 0 Å². The van der Waals surface area contributed by atoms with Crippen LogP contribution in [0.3, 0.4) is 0 Å². The number of carbonyl (C=O) groups excluding carboxylic acids is 1. The molecule has 168 valence electrons. The van der Waals surface area contributed by atoms with E-state index in [1.807, 2.05) is 42.5 Å². The van der Waals surface area contributed by atoms with Crippen LogP contribution in [0.1, 0.15) is 18.7 Å². The van der Waals surface area contributed by atoms with Gasteiger partial charge in [-0.2, -0.15) is 4.98 Å². The van der Waals surface area contributed by atoms with E-state index < -0.39 is 0 Å².